The molecular formula is C14H18BrN5O. The van der Waals surface area contributed by atoms with E-state index in [9.17, 15) is 0 Å². The predicted molar refractivity (Wildman–Crippen MR) is 84.7 cm³/mol. The molecule has 1 saturated heterocycles. The second kappa shape index (κ2) is 5.75. The molecule has 1 aromatic carbocycles. The number of piperazine rings is 1. The van der Waals surface area contributed by atoms with Crippen molar-refractivity contribution in [2.24, 2.45) is 0 Å². The minimum Gasteiger partial charge on any atom is -0.399 e. The minimum absolute atomic E-state index is 0.154. The lowest BCUT2D eigenvalue weighted by atomic mass is 10.1. The summed E-state index contributed by atoms with van der Waals surface area (Å²) in [7, 11) is 4.19. The summed E-state index contributed by atoms with van der Waals surface area (Å²) in [5.41, 5.74) is 7.32. The molecule has 7 heteroatoms. The summed E-state index contributed by atoms with van der Waals surface area (Å²) in [5.74, 6) is 1.21. The van der Waals surface area contributed by atoms with Gasteiger partial charge < -0.3 is 15.2 Å². The number of hydrogen-bond donors (Lipinski definition) is 1. The van der Waals surface area contributed by atoms with Gasteiger partial charge in [0.25, 0.3) is 5.89 Å². The fourth-order valence-electron chi connectivity index (χ4n) is 2.48. The highest BCUT2D eigenvalue weighted by atomic mass is 79.9. The van der Waals surface area contributed by atoms with Crippen molar-refractivity contribution in [2.45, 2.75) is 6.04 Å². The summed E-state index contributed by atoms with van der Waals surface area (Å²) in [5, 5.41) is 4.16. The molecule has 6 nitrogen and oxygen atoms in total. The molecule has 1 unspecified atom stereocenters. The van der Waals surface area contributed by atoms with E-state index < -0.39 is 0 Å². The first kappa shape index (κ1) is 14.5. The van der Waals surface area contributed by atoms with Gasteiger partial charge in [0, 0.05) is 29.8 Å². The molecule has 0 saturated carbocycles. The van der Waals surface area contributed by atoms with Gasteiger partial charge in [0.1, 0.15) is 0 Å². The van der Waals surface area contributed by atoms with Gasteiger partial charge in [-0.3, -0.25) is 4.90 Å². The Morgan fingerprint density at radius 2 is 2.14 bits per heavy atom. The zero-order valence-corrected chi connectivity index (χ0v) is 13.7. The van der Waals surface area contributed by atoms with Gasteiger partial charge in [-0.05, 0) is 48.2 Å². The Kier molecular flexibility index (Phi) is 3.97. The summed E-state index contributed by atoms with van der Waals surface area (Å²) >= 11 is 3.49. The van der Waals surface area contributed by atoms with Gasteiger partial charge in [0.15, 0.2) is 5.82 Å². The van der Waals surface area contributed by atoms with Crippen LogP contribution in [0.3, 0.4) is 0 Å². The number of nitrogens with zero attached hydrogens (tertiary/aromatic N) is 4. The van der Waals surface area contributed by atoms with Gasteiger partial charge in [-0.1, -0.05) is 5.16 Å². The molecule has 0 amide bonds. The summed E-state index contributed by atoms with van der Waals surface area (Å²) in [6.07, 6.45) is 0. The van der Waals surface area contributed by atoms with Gasteiger partial charge in [-0.2, -0.15) is 4.98 Å². The topological polar surface area (TPSA) is 71.4 Å². The molecule has 0 spiro atoms. The van der Waals surface area contributed by atoms with Crippen LogP contribution in [0.2, 0.25) is 0 Å². The Bertz CT molecular complexity index is 644. The number of aromatic nitrogens is 2. The van der Waals surface area contributed by atoms with Crippen molar-refractivity contribution in [1.29, 1.82) is 0 Å². The second-order valence-electron chi connectivity index (χ2n) is 5.46. The maximum absolute atomic E-state index is 5.83. The normalized spacial score (nSPS) is 20.8. The molecule has 3 rings (SSSR count). The van der Waals surface area contributed by atoms with Crippen LogP contribution < -0.4 is 5.73 Å². The number of nitrogen functional groups attached to an aromatic ring is 1. The third-order valence-corrected chi connectivity index (χ3v) is 4.50. The van der Waals surface area contributed by atoms with Crippen LogP contribution in [0.25, 0.3) is 11.5 Å². The Morgan fingerprint density at radius 1 is 1.33 bits per heavy atom. The van der Waals surface area contributed by atoms with E-state index in [0.717, 1.165) is 29.7 Å². The maximum Gasteiger partial charge on any atom is 0.259 e. The van der Waals surface area contributed by atoms with E-state index >= 15 is 0 Å². The SMILES string of the molecule is CN1CCN(C)C(c2noc(-c3cc(N)ccc3Br)n2)C1. The van der Waals surface area contributed by atoms with Crippen LogP contribution in [-0.4, -0.2) is 53.7 Å². The van der Waals surface area contributed by atoms with E-state index in [0.29, 0.717) is 17.4 Å². The molecule has 21 heavy (non-hydrogen) atoms. The van der Waals surface area contributed by atoms with Crippen LogP contribution in [0.5, 0.6) is 0 Å². The highest BCUT2D eigenvalue weighted by molar-refractivity contribution is 9.10. The highest BCUT2D eigenvalue weighted by Crippen LogP contribution is 2.30. The number of halogens is 1. The third kappa shape index (κ3) is 2.95. The average Bonchev–Trinajstić information content (AvgIpc) is 2.93. The maximum atomic E-state index is 5.83. The highest BCUT2D eigenvalue weighted by Gasteiger charge is 2.28. The number of hydrogen-bond acceptors (Lipinski definition) is 6. The van der Waals surface area contributed by atoms with E-state index in [-0.39, 0.29) is 6.04 Å². The number of anilines is 1. The average molecular weight is 352 g/mol. The smallest absolute Gasteiger partial charge is 0.259 e. The molecule has 2 aromatic rings. The molecule has 0 radical (unpaired) electrons. The van der Waals surface area contributed by atoms with E-state index in [4.69, 9.17) is 10.3 Å². The first-order valence-electron chi connectivity index (χ1n) is 6.82. The zero-order valence-electron chi connectivity index (χ0n) is 12.1. The van der Waals surface area contributed by atoms with Crippen molar-refractivity contribution in [2.75, 3.05) is 39.5 Å². The van der Waals surface area contributed by atoms with Crippen molar-refractivity contribution in [3.05, 3.63) is 28.5 Å². The Labute approximate surface area is 132 Å². The van der Waals surface area contributed by atoms with E-state index in [1.807, 2.05) is 18.2 Å². The van der Waals surface area contributed by atoms with Crippen LogP contribution in [0.4, 0.5) is 5.69 Å². The molecule has 0 bridgehead atoms. The summed E-state index contributed by atoms with van der Waals surface area (Å²) in [6, 6.07) is 5.70. The summed E-state index contributed by atoms with van der Waals surface area (Å²) in [4.78, 5) is 9.09. The monoisotopic (exact) mass is 351 g/mol. The molecule has 112 valence electrons. The standard InChI is InChI=1S/C14H18BrN5O/c1-19-5-6-20(2)12(8-19)13-17-14(21-18-13)10-7-9(16)3-4-11(10)15/h3-4,7,12H,5-6,8,16H2,1-2H3. The van der Waals surface area contributed by atoms with Gasteiger partial charge in [0.05, 0.1) is 11.6 Å². The number of nitrogens with two attached hydrogens (primary N) is 1. The van der Waals surface area contributed by atoms with Gasteiger partial charge in [0.2, 0.25) is 0 Å². The Hall–Kier alpha value is -1.44. The van der Waals surface area contributed by atoms with Crippen molar-refractivity contribution in [3.8, 4) is 11.5 Å². The lowest BCUT2D eigenvalue weighted by molar-refractivity contribution is 0.108. The van der Waals surface area contributed by atoms with Crippen LogP contribution in [0.15, 0.2) is 27.2 Å². The fraction of sp³-hybridized carbons (Fsp3) is 0.429. The fourth-order valence-corrected chi connectivity index (χ4v) is 2.89. The molecule has 1 fully saturated rings. The van der Waals surface area contributed by atoms with Crippen molar-refractivity contribution >= 4 is 21.6 Å². The Morgan fingerprint density at radius 3 is 2.95 bits per heavy atom. The van der Waals surface area contributed by atoms with Crippen LogP contribution in [0.1, 0.15) is 11.9 Å². The predicted octanol–water partition coefficient (Wildman–Crippen LogP) is 2.00. The lowest BCUT2D eigenvalue weighted by Crippen LogP contribution is -2.45. The lowest BCUT2D eigenvalue weighted by Gasteiger charge is -2.35. The molecule has 2 N–H and O–H groups in total. The van der Waals surface area contributed by atoms with Crippen molar-refractivity contribution in [3.63, 3.8) is 0 Å². The Balaban J connectivity index is 1.91. The molecule has 0 aliphatic carbocycles. The van der Waals surface area contributed by atoms with Crippen LogP contribution in [0, 0.1) is 0 Å². The first-order chi connectivity index (χ1) is 10.0. The molecular weight excluding hydrogens is 334 g/mol. The minimum atomic E-state index is 0.154. The summed E-state index contributed by atoms with van der Waals surface area (Å²) < 4.78 is 6.32. The second-order valence-corrected chi connectivity index (χ2v) is 6.31. The third-order valence-electron chi connectivity index (χ3n) is 3.81. The van der Waals surface area contributed by atoms with Crippen molar-refractivity contribution in [1.82, 2.24) is 19.9 Å². The molecule has 1 aromatic heterocycles. The molecule has 2 heterocycles. The van der Waals surface area contributed by atoms with Gasteiger partial charge in [-0.25, -0.2) is 0 Å². The van der Waals surface area contributed by atoms with E-state index in [1.165, 1.54) is 0 Å². The summed E-state index contributed by atoms with van der Waals surface area (Å²) in [6.45, 7) is 2.94. The zero-order chi connectivity index (χ0) is 15.0. The molecule has 1 aliphatic rings. The number of benzene rings is 1. The van der Waals surface area contributed by atoms with Crippen LogP contribution >= 0.6 is 15.9 Å². The van der Waals surface area contributed by atoms with Crippen molar-refractivity contribution < 1.29 is 4.52 Å². The molecule has 1 aliphatic heterocycles. The number of likely N-dealkylation sites (N-methyl/N-ethyl adjacent to an activating group) is 2. The number of rotatable bonds is 2. The van der Waals surface area contributed by atoms with Crippen LogP contribution in [-0.2, 0) is 0 Å². The largest absolute Gasteiger partial charge is 0.399 e. The molecule has 1 atom stereocenters. The van der Waals surface area contributed by atoms with E-state index in [1.54, 1.807) is 0 Å². The van der Waals surface area contributed by atoms with E-state index in [2.05, 4.69) is 50.0 Å². The first-order valence-corrected chi connectivity index (χ1v) is 7.61. The van der Waals surface area contributed by atoms with Gasteiger partial charge >= 0.3 is 0 Å². The quantitative estimate of drug-likeness (QED) is 0.834. The van der Waals surface area contributed by atoms with Gasteiger partial charge in [-0.15, -0.1) is 0 Å².